The number of para-hydroxylation sites is 1. The van der Waals surface area contributed by atoms with Crippen molar-refractivity contribution in [2.24, 2.45) is 5.73 Å². The largest absolute Gasteiger partial charge is 0.337 e. The van der Waals surface area contributed by atoms with Gasteiger partial charge in [-0.2, -0.15) is 5.10 Å². The molecule has 0 spiro atoms. The highest BCUT2D eigenvalue weighted by molar-refractivity contribution is 5.81. The van der Waals surface area contributed by atoms with Gasteiger partial charge in [-0.05, 0) is 19.1 Å². The molecule has 0 saturated carbocycles. The van der Waals surface area contributed by atoms with Crippen molar-refractivity contribution in [2.45, 2.75) is 25.9 Å². The van der Waals surface area contributed by atoms with Crippen molar-refractivity contribution >= 4 is 5.91 Å². The van der Waals surface area contributed by atoms with Gasteiger partial charge in [0.05, 0.1) is 23.6 Å². The number of carbonyl (C=O) groups is 1. The molecule has 1 aromatic carbocycles. The fraction of sp³-hybridized carbons (Fsp3) is 0.333. The normalized spacial score (nSPS) is 15.8. The highest BCUT2D eigenvalue weighted by Crippen LogP contribution is 2.22. The Bertz CT molecular complexity index is 618. The number of nitrogens with zero attached hydrogens (tertiary/aromatic N) is 3. The number of aromatic nitrogens is 2. The molecule has 0 bridgehead atoms. The van der Waals surface area contributed by atoms with Crippen LogP contribution in [-0.2, 0) is 17.8 Å². The van der Waals surface area contributed by atoms with Crippen molar-refractivity contribution < 1.29 is 4.79 Å². The smallest absolute Gasteiger partial charge is 0.239 e. The van der Waals surface area contributed by atoms with Crippen molar-refractivity contribution in [3.63, 3.8) is 0 Å². The van der Waals surface area contributed by atoms with E-state index in [4.69, 9.17) is 5.73 Å². The molecule has 0 aliphatic carbocycles. The summed E-state index contributed by atoms with van der Waals surface area (Å²) in [5.74, 6) is 0.00288. The topological polar surface area (TPSA) is 64.2 Å². The molecule has 3 rings (SSSR count). The van der Waals surface area contributed by atoms with Gasteiger partial charge in [-0.15, -0.1) is 0 Å². The standard InChI is InChI=1S/C15H18N4O/c1-11(16)15(20)18-8-7-14-12(10-18)9-17-19(14)13-5-3-2-4-6-13/h2-6,9,11H,7-8,10,16H2,1H3/t11-/m1/s1. The summed E-state index contributed by atoms with van der Waals surface area (Å²) in [7, 11) is 0. The third-order valence-corrected chi connectivity index (χ3v) is 3.64. The van der Waals surface area contributed by atoms with Gasteiger partial charge in [0, 0.05) is 25.1 Å². The van der Waals surface area contributed by atoms with E-state index in [1.165, 1.54) is 5.69 Å². The Hall–Kier alpha value is -2.14. The molecule has 2 heterocycles. The van der Waals surface area contributed by atoms with E-state index in [-0.39, 0.29) is 5.91 Å². The Morgan fingerprint density at radius 2 is 2.10 bits per heavy atom. The molecule has 0 radical (unpaired) electrons. The van der Waals surface area contributed by atoms with Crippen LogP contribution in [0.15, 0.2) is 36.5 Å². The van der Waals surface area contributed by atoms with Crippen molar-refractivity contribution in [2.75, 3.05) is 6.54 Å². The predicted octanol–water partition coefficient (Wildman–Crippen LogP) is 1.10. The third-order valence-electron chi connectivity index (χ3n) is 3.64. The van der Waals surface area contributed by atoms with Crippen LogP contribution < -0.4 is 5.73 Å². The SMILES string of the molecule is C[C@@H](N)C(=O)N1CCc2c(cnn2-c2ccccc2)C1. The maximum atomic E-state index is 12.0. The molecule has 0 unspecified atom stereocenters. The molecule has 5 heteroatoms. The van der Waals surface area contributed by atoms with Crippen LogP contribution in [0.25, 0.3) is 5.69 Å². The molecule has 2 N–H and O–H groups in total. The van der Waals surface area contributed by atoms with E-state index in [1.54, 1.807) is 6.92 Å². The summed E-state index contributed by atoms with van der Waals surface area (Å²) in [6.45, 7) is 3.03. The number of nitrogens with two attached hydrogens (primary N) is 1. The average molecular weight is 270 g/mol. The molecule has 0 fully saturated rings. The molecular formula is C15H18N4O. The number of benzene rings is 1. The van der Waals surface area contributed by atoms with Crippen LogP contribution in [0.5, 0.6) is 0 Å². The summed E-state index contributed by atoms with van der Waals surface area (Å²) >= 11 is 0. The summed E-state index contributed by atoms with van der Waals surface area (Å²) < 4.78 is 1.96. The van der Waals surface area contributed by atoms with Crippen LogP contribution >= 0.6 is 0 Å². The Kier molecular flexibility index (Phi) is 3.28. The van der Waals surface area contributed by atoms with Gasteiger partial charge in [-0.1, -0.05) is 18.2 Å². The van der Waals surface area contributed by atoms with Gasteiger partial charge in [0.2, 0.25) is 5.91 Å². The van der Waals surface area contributed by atoms with E-state index in [1.807, 2.05) is 46.1 Å². The van der Waals surface area contributed by atoms with Crippen LogP contribution in [0.2, 0.25) is 0 Å². The fourth-order valence-corrected chi connectivity index (χ4v) is 2.60. The van der Waals surface area contributed by atoms with Crippen LogP contribution in [0.4, 0.5) is 0 Å². The second-order valence-electron chi connectivity index (χ2n) is 5.16. The zero-order chi connectivity index (χ0) is 14.1. The van der Waals surface area contributed by atoms with E-state index in [0.29, 0.717) is 13.1 Å². The van der Waals surface area contributed by atoms with E-state index in [2.05, 4.69) is 5.10 Å². The highest BCUT2D eigenvalue weighted by Gasteiger charge is 2.25. The van der Waals surface area contributed by atoms with Gasteiger partial charge >= 0.3 is 0 Å². The number of amides is 1. The summed E-state index contributed by atoms with van der Waals surface area (Å²) in [4.78, 5) is 13.8. The van der Waals surface area contributed by atoms with E-state index >= 15 is 0 Å². The van der Waals surface area contributed by atoms with E-state index < -0.39 is 6.04 Å². The van der Waals surface area contributed by atoms with Crippen molar-refractivity contribution in [3.8, 4) is 5.69 Å². The Labute approximate surface area is 118 Å². The first-order valence-electron chi connectivity index (χ1n) is 6.82. The zero-order valence-corrected chi connectivity index (χ0v) is 11.5. The molecule has 20 heavy (non-hydrogen) atoms. The van der Waals surface area contributed by atoms with Gasteiger partial charge in [-0.25, -0.2) is 4.68 Å². The molecule has 104 valence electrons. The molecular weight excluding hydrogens is 252 g/mol. The summed E-state index contributed by atoms with van der Waals surface area (Å²) in [6, 6.07) is 9.61. The molecule has 1 aromatic heterocycles. The maximum Gasteiger partial charge on any atom is 0.239 e. The molecule has 1 amide bonds. The van der Waals surface area contributed by atoms with Crippen molar-refractivity contribution in [1.82, 2.24) is 14.7 Å². The van der Waals surface area contributed by atoms with Crippen LogP contribution in [0.1, 0.15) is 18.2 Å². The van der Waals surface area contributed by atoms with Crippen molar-refractivity contribution in [1.29, 1.82) is 0 Å². The Morgan fingerprint density at radius 3 is 2.80 bits per heavy atom. The first kappa shape index (κ1) is 12.9. The molecule has 1 aliphatic rings. The molecule has 1 atom stereocenters. The number of fused-ring (bicyclic) bond motifs is 1. The molecule has 0 saturated heterocycles. The first-order chi connectivity index (χ1) is 9.66. The van der Waals surface area contributed by atoms with Crippen LogP contribution in [0.3, 0.4) is 0 Å². The second kappa shape index (κ2) is 5.09. The lowest BCUT2D eigenvalue weighted by molar-refractivity contribution is -0.133. The third kappa shape index (κ3) is 2.20. The number of hydrogen-bond donors (Lipinski definition) is 1. The summed E-state index contributed by atoms with van der Waals surface area (Å²) in [6.07, 6.45) is 2.66. The quantitative estimate of drug-likeness (QED) is 0.889. The zero-order valence-electron chi connectivity index (χ0n) is 11.5. The average Bonchev–Trinajstić information content (AvgIpc) is 2.90. The minimum absolute atomic E-state index is 0.00288. The van der Waals surface area contributed by atoms with Gasteiger partial charge in [0.25, 0.3) is 0 Å². The summed E-state index contributed by atoms with van der Waals surface area (Å²) in [5.41, 5.74) is 9.02. The predicted molar refractivity (Wildman–Crippen MR) is 76.3 cm³/mol. The van der Waals surface area contributed by atoms with Crippen LogP contribution in [-0.4, -0.2) is 33.2 Å². The monoisotopic (exact) mass is 270 g/mol. The molecule has 5 nitrogen and oxygen atoms in total. The lowest BCUT2D eigenvalue weighted by Gasteiger charge is -2.28. The lowest BCUT2D eigenvalue weighted by Crippen LogP contribution is -2.44. The molecule has 1 aliphatic heterocycles. The van der Waals surface area contributed by atoms with Gasteiger partial charge < -0.3 is 10.6 Å². The second-order valence-corrected chi connectivity index (χ2v) is 5.16. The first-order valence-corrected chi connectivity index (χ1v) is 6.82. The highest BCUT2D eigenvalue weighted by atomic mass is 16.2. The minimum atomic E-state index is -0.444. The van der Waals surface area contributed by atoms with Crippen molar-refractivity contribution in [3.05, 3.63) is 47.8 Å². The fourth-order valence-electron chi connectivity index (χ4n) is 2.60. The number of carbonyl (C=O) groups excluding carboxylic acids is 1. The lowest BCUT2D eigenvalue weighted by atomic mass is 10.1. The van der Waals surface area contributed by atoms with Gasteiger partial charge in [0.1, 0.15) is 0 Å². The minimum Gasteiger partial charge on any atom is -0.337 e. The Morgan fingerprint density at radius 1 is 1.35 bits per heavy atom. The molecule has 2 aromatic rings. The maximum absolute atomic E-state index is 12.0. The van der Waals surface area contributed by atoms with E-state index in [0.717, 1.165) is 17.7 Å². The van der Waals surface area contributed by atoms with E-state index in [9.17, 15) is 4.79 Å². The van der Waals surface area contributed by atoms with Gasteiger partial charge in [0.15, 0.2) is 0 Å². The number of rotatable bonds is 2. The Balaban J connectivity index is 1.87. The number of hydrogen-bond acceptors (Lipinski definition) is 3. The van der Waals surface area contributed by atoms with Gasteiger partial charge in [-0.3, -0.25) is 4.79 Å². The van der Waals surface area contributed by atoms with Crippen LogP contribution in [0, 0.1) is 0 Å². The summed E-state index contributed by atoms with van der Waals surface area (Å²) in [5, 5.41) is 4.45.